The van der Waals surface area contributed by atoms with Crippen molar-refractivity contribution in [2.45, 2.75) is 0 Å². The highest BCUT2D eigenvalue weighted by Gasteiger charge is 2.15. The van der Waals surface area contributed by atoms with E-state index in [-0.39, 0.29) is 0 Å². The molecule has 9 aromatic rings. The number of hydrogen-bond donors (Lipinski definition) is 0. The van der Waals surface area contributed by atoms with Crippen molar-refractivity contribution in [3.63, 3.8) is 0 Å². The number of hydrogen-bond acceptors (Lipinski definition) is 4. The number of nitriles is 1. The van der Waals surface area contributed by atoms with E-state index in [1.54, 1.807) is 6.07 Å². The van der Waals surface area contributed by atoms with Gasteiger partial charge in [0.2, 0.25) is 0 Å². The topological polar surface area (TPSA) is 62.5 Å². The third-order valence-corrected chi connectivity index (χ3v) is 9.73. The molecule has 0 fully saturated rings. The number of para-hydroxylation sites is 2. The van der Waals surface area contributed by atoms with Crippen LogP contribution in [0.4, 0.5) is 0 Å². The van der Waals surface area contributed by atoms with Crippen LogP contribution in [0.1, 0.15) is 5.56 Å². The fourth-order valence-electron chi connectivity index (χ4n) is 6.88. The fraction of sp³-hybridized carbons (Fsp3) is 0. The van der Waals surface area contributed by atoms with Crippen molar-refractivity contribution in [3.8, 4) is 84.5 Å². The lowest BCUT2D eigenvalue weighted by Gasteiger charge is -2.13. The third kappa shape index (κ3) is 6.54. The average Bonchev–Trinajstić information content (AvgIpc) is 3.26. The molecule has 0 aliphatic rings. The molecule has 0 saturated carbocycles. The Labute approximate surface area is 314 Å². The molecule has 252 valence electrons. The van der Waals surface area contributed by atoms with Crippen molar-refractivity contribution in [2.75, 3.05) is 0 Å². The standard InChI is InChI=1S/C50H32N4/c51-33-34-10-9-15-43(30-34)50-49(53-45-16-7-8-17-46(45)54-50)42-28-22-39(23-29-42)44-31-47(40-24-18-37(19-25-40)35-11-3-1-4-12-35)52-48(32-44)41-26-20-38(21-27-41)36-13-5-2-6-14-36/h1-32H. The second kappa shape index (κ2) is 14.3. The Hall–Kier alpha value is -7.48. The smallest absolute Gasteiger partial charge is 0.0991 e. The average molecular weight is 689 g/mol. The summed E-state index contributed by atoms with van der Waals surface area (Å²) in [5.74, 6) is 0. The molecule has 0 N–H and O–H groups in total. The first kappa shape index (κ1) is 32.4. The van der Waals surface area contributed by atoms with Crippen LogP contribution in [0, 0.1) is 11.3 Å². The van der Waals surface area contributed by atoms with Crippen molar-refractivity contribution < 1.29 is 0 Å². The van der Waals surface area contributed by atoms with E-state index in [1.807, 2.05) is 54.6 Å². The van der Waals surface area contributed by atoms with Crippen molar-refractivity contribution in [1.82, 2.24) is 15.0 Å². The van der Waals surface area contributed by atoms with E-state index in [4.69, 9.17) is 15.0 Å². The number of rotatable bonds is 7. The lowest BCUT2D eigenvalue weighted by Crippen LogP contribution is -1.96. The van der Waals surface area contributed by atoms with Gasteiger partial charge in [0.15, 0.2) is 0 Å². The lowest BCUT2D eigenvalue weighted by atomic mass is 9.96. The highest BCUT2D eigenvalue weighted by atomic mass is 14.8. The summed E-state index contributed by atoms with van der Waals surface area (Å²) in [7, 11) is 0. The maximum Gasteiger partial charge on any atom is 0.0991 e. The molecule has 4 heteroatoms. The number of nitrogens with zero attached hydrogens (tertiary/aromatic N) is 4. The summed E-state index contributed by atoms with van der Waals surface area (Å²) in [6.45, 7) is 0. The molecule has 7 aromatic carbocycles. The van der Waals surface area contributed by atoms with E-state index in [2.05, 4.69) is 140 Å². The van der Waals surface area contributed by atoms with Gasteiger partial charge in [-0.15, -0.1) is 0 Å². The van der Waals surface area contributed by atoms with Gasteiger partial charge in [-0.2, -0.15) is 5.26 Å². The Kier molecular flexibility index (Phi) is 8.57. The van der Waals surface area contributed by atoms with Crippen molar-refractivity contribution in [2.24, 2.45) is 0 Å². The summed E-state index contributed by atoms with van der Waals surface area (Å²) in [5, 5.41) is 9.62. The second-order valence-corrected chi connectivity index (χ2v) is 13.2. The molecule has 0 aliphatic heterocycles. The SMILES string of the molecule is N#Cc1cccc(-c2nc3ccccc3nc2-c2ccc(-c3cc(-c4ccc(-c5ccccc5)cc4)nc(-c4ccc(-c5ccccc5)cc4)c3)cc2)c1. The van der Waals surface area contributed by atoms with Crippen LogP contribution in [0.3, 0.4) is 0 Å². The van der Waals surface area contributed by atoms with Gasteiger partial charge in [-0.1, -0.05) is 158 Å². The van der Waals surface area contributed by atoms with Gasteiger partial charge in [0.25, 0.3) is 0 Å². The molecule has 0 atom stereocenters. The molecular formula is C50H32N4. The van der Waals surface area contributed by atoms with Gasteiger partial charge in [0.1, 0.15) is 0 Å². The van der Waals surface area contributed by atoms with Gasteiger partial charge in [-0.05, 0) is 69.8 Å². The van der Waals surface area contributed by atoms with Crippen molar-refractivity contribution in [1.29, 1.82) is 5.26 Å². The molecule has 4 nitrogen and oxygen atoms in total. The van der Waals surface area contributed by atoms with E-state index < -0.39 is 0 Å². The van der Waals surface area contributed by atoms with E-state index >= 15 is 0 Å². The minimum Gasteiger partial charge on any atom is -0.248 e. The fourth-order valence-corrected chi connectivity index (χ4v) is 6.88. The lowest BCUT2D eigenvalue weighted by molar-refractivity contribution is 1.29. The number of benzene rings is 7. The molecule has 0 unspecified atom stereocenters. The van der Waals surface area contributed by atoms with Gasteiger partial charge in [-0.25, -0.2) is 15.0 Å². The largest absolute Gasteiger partial charge is 0.248 e. The minimum absolute atomic E-state index is 0.581. The zero-order chi connectivity index (χ0) is 36.3. The predicted octanol–water partition coefficient (Wildman–Crippen LogP) is 12.6. The molecule has 0 aliphatic carbocycles. The molecule has 2 aromatic heterocycles. The van der Waals surface area contributed by atoms with Crippen molar-refractivity contribution >= 4 is 11.0 Å². The highest BCUT2D eigenvalue weighted by Crippen LogP contribution is 2.36. The predicted molar refractivity (Wildman–Crippen MR) is 220 cm³/mol. The normalized spacial score (nSPS) is 10.9. The molecule has 9 rings (SSSR count). The van der Waals surface area contributed by atoms with Crippen LogP contribution in [-0.4, -0.2) is 15.0 Å². The first-order valence-electron chi connectivity index (χ1n) is 17.9. The first-order chi connectivity index (χ1) is 26.7. The Balaban J connectivity index is 1.13. The molecule has 2 heterocycles. The van der Waals surface area contributed by atoms with E-state index in [0.717, 1.165) is 67.2 Å². The zero-order valence-corrected chi connectivity index (χ0v) is 29.3. The van der Waals surface area contributed by atoms with Crippen LogP contribution >= 0.6 is 0 Å². The van der Waals surface area contributed by atoms with Gasteiger partial charge in [0.05, 0.1) is 45.4 Å². The molecule has 0 spiro atoms. The van der Waals surface area contributed by atoms with E-state index in [9.17, 15) is 5.26 Å². The summed E-state index contributed by atoms with van der Waals surface area (Å²) >= 11 is 0. The molecular weight excluding hydrogens is 657 g/mol. The van der Waals surface area contributed by atoms with Crippen LogP contribution in [-0.2, 0) is 0 Å². The number of fused-ring (bicyclic) bond motifs is 1. The zero-order valence-electron chi connectivity index (χ0n) is 29.3. The van der Waals surface area contributed by atoms with Crippen LogP contribution in [0.15, 0.2) is 194 Å². The summed E-state index contributed by atoms with van der Waals surface area (Å²) < 4.78 is 0. The van der Waals surface area contributed by atoms with Gasteiger partial charge in [0, 0.05) is 22.3 Å². The number of pyridine rings is 1. The summed E-state index contributed by atoms with van der Waals surface area (Å²) in [6, 6.07) is 68.6. The maximum atomic E-state index is 9.62. The van der Waals surface area contributed by atoms with Crippen LogP contribution in [0.5, 0.6) is 0 Å². The Morgan fingerprint density at radius 3 is 1.19 bits per heavy atom. The van der Waals surface area contributed by atoms with Crippen LogP contribution in [0.2, 0.25) is 0 Å². The van der Waals surface area contributed by atoms with Gasteiger partial charge < -0.3 is 0 Å². The third-order valence-electron chi connectivity index (χ3n) is 9.73. The first-order valence-corrected chi connectivity index (χ1v) is 17.9. The summed E-state index contributed by atoms with van der Waals surface area (Å²) in [6.07, 6.45) is 0. The molecule has 0 saturated heterocycles. The molecule has 0 amide bonds. The van der Waals surface area contributed by atoms with Gasteiger partial charge >= 0.3 is 0 Å². The summed E-state index contributed by atoms with van der Waals surface area (Å²) in [4.78, 5) is 15.3. The number of aromatic nitrogens is 3. The molecule has 54 heavy (non-hydrogen) atoms. The quantitative estimate of drug-likeness (QED) is 0.167. The monoisotopic (exact) mass is 688 g/mol. The van der Waals surface area contributed by atoms with E-state index in [1.165, 1.54) is 22.3 Å². The Morgan fingerprint density at radius 2 is 0.685 bits per heavy atom. The Bertz CT molecular complexity index is 2680. The van der Waals surface area contributed by atoms with Crippen molar-refractivity contribution in [3.05, 3.63) is 200 Å². The minimum atomic E-state index is 0.581. The molecule has 0 bridgehead atoms. The molecule has 0 radical (unpaired) electrons. The summed E-state index contributed by atoms with van der Waals surface area (Å²) in [5.41, 5.74) is 16.2. The highest BCUT2D eigenvalue weighted by molar-refractivity contribution is 5.87. The van der Waals surface area contributed by atoms with Crippen LogP contribution in [0.25, 0.3) is 89.4 Å². The maximum absolute atomic E-state index is 9.62. The van der Waals surface area contributed by atoms with E-state index in [0.29, 0.717) is 5.56 Å². The van der Waals surface area contributed by atoms with Gasteiger partial charge in [-0.3, -0.25) is 0 Å². The Morgan fingerprint density at radius 1 is 0.296 bits per heavy atom. The second-order valence-electron chi connectivity index (χ2n) is 13.2. The van der Waals surface area contributed by atoms with Crippen LogP contribution < -0.4 is 0 Å².